The summed E-state index contributed by atoms with van der Waals surface area (Å²) in [5.41, 5.74) is 0.427. The Labute approximate surface area is 125 Å². The minimum absolute atomic E-state index is 0.0331. The molecule has 1 rings (SSSR count). The molecule has 0 aromatic heterocycles. The lowest BCUT2D eigenvalue weighted by atomic mass is 9.68. The fourth-order valence-corrected chi connectivity index (χ4v) is 3.18. The maximum Gasteiger partial charge on any atom is 0.0857 e. The highest BCUT2D eigenvalue weighted by molar-refractivity contribution is 4.99. The largest absolute Gasteiger partial charge is 0.380 e. The SMILES string of the molecule is CCCNC(COCC)C1(OCC)CCC(C)(C)CC1. The fourth-order valence-electron chi connectivity index (χ4n) is 3.18. The Kier molecular flexibility index (Phi) is 7.49. The van der Waals surface area contributed by atoms with Crippen LogP contribution >= 0.6 is 0 Å². The van der Waals surface area contributed by atoms with Gasteiger partial charge in [-0.05, 0) is 57.9 Å². The first-order valence-corrected chi connectivity index (χ1v) is 8.44. The van der Waals surface area contributed by atoms with Gasteiger partial charge in [0.25, 0.3) is 0 Å². The summed E-state index contributed by atoms with van der Waals surface area (Å²) in [7, 11) is 0. The number of rotatable bonds is 9. The van der Waals surface area contributed by atoms with E-state index in [0.717, 1.165) is 45.6 Å². The Balaban J connectivity index is 2.77. The Bertz CT molecular complexity index is 248. The van der Waals surface area contributed by atoms with Gasteiger partial charge in [0.2, 0.25) is 0 Å². The van der Waals surface area contributed by atoms with E-state index in [9.17, 15) is 0 Å². The Morgan fingerprint density at radius 3 is 2.15 bits per heavy atom. The predicted molar refractivity (Wildman–Crippen MR) is 85.2 cm³/mol. The van der Waals surface area contributed by atoms with Gasteiger partial charge >= 0.3 is 0 Å². The summed E-state index contributed by atoms with van der Waals surface area (Å²) in [4.78, 5) is 0. The van der Waals surface area contributed by atoms with Crippen LogP contribution in [-0.4, -0.2) is 38.0 Å². The molecule has 0 aliphatic heterocycles. The predicted octanol–water partition coefficient (Wildman–Crippen LogP) is 3.77. The summed E-state index contributed by atoms with van der Waals surface area (Å²) >= 11 is 0. The molecule has 0 radical (unpaired) electrons. The van der Waals surface area contributed by atoms with Crippen molar-refractivity contribution in [1.29, 1.82) is 0 Å². The zero-order chi connectivity index (χ0) is 15.1. The molecule has 1 N–H and O–H groups in total. The van der Waals surface area contributed by atoms with E-state index in [1.807, 2.05) is 0 Å². The van der Waals surface area contributed by atoms with Crippen LogP contribution in [0.3, 0.4) is 0 Å². The highest BCUT2D eigenvalue weighted by atomic mass is 16.5. The summed E-state index contributed by atoms with van der Waals surface area (Å²) in [6.45, 7) is 14.5. The molecule has 20 heavy (non-hydrogen) atoms. The second-order valence-electron chi connectivity index (χ2n) is 6.83. The summed E-state index contributed by atoms with van der Waals surface area (Å²) in [5, 5.41) is 3.68. The highest BCUT2D eigenvalue weighted by Gasteiger charge is 2.44. The molecule has 0 saturated heterocycles. The van der Waals surface area contributed by atoms with Crippen LogP contribution in [0.4, 0.5) is 0 Å². The lowest BCUT2D eigenvalue weighted by Gasteiger charge is -2.47. The zero-order valence-electron chi connectivity index (χ0n) is 14.3. The molecule has 0 spiro atoms. The third-order valence-electron chi connectivity index (χ3n) is 4.65. The molecule has 1 aliphatic carbocycles. The van der Waals surface area contributed by atoms with E-state index in [1.54, 1.807) is 0 Å². The van der Waals surface area contributed by atoms with Crippen molar-refractivity contribution in [2.75, 3.05) is 26.4 Å². The molecule has 3 nitrogen and oxygen atoms in total. The van der Waals surface area contributed by atoms with Crippen LogP contribution in [0.2, 0.25) is 0 Å². The highest BCUT2D eigenvalue weighted by Crippen LogP contribution is 2.43. The first-order valence-electron chi connectivity index (χ1n) is 8.44. The number of ether oxygens (including phenoxy) is 2. The molecule has 0 aromatic carbocycles. The van der Waals surface area contributed by atoms with Crippen molar-refractivity contribution in [2.45, 2.75) is 78.4 Å². The van der Waals surface area contributed by atoms with Crippen LogP contribution in [0.1, 0.15) is 66.7 Å². The fraction of sp³-hybridized carbons (Fsp3) is 1.00. The second-order valence-corrected chi connectivity index (χ2v) is 6.83. The molecule has 1 unspecified atom stereocenters. The molecule has 1 saturated carbocycles. The summed E-state index contributed by atoms with van der Waals surface area (Å²) in [5.74, 6) is 0. The minimum atomic E-state index is -0.0331. The molecule has 1 aliphatic rings. The first-order chi connectivity index (χ1) is 9.49. The Hall–Kier alpha value is -0.120. The van der Waals surface area contributed by atoms with Gasteiger partial charge in [-0.2, -0.15) is 0 Å². The molecule has 120 valence electrons. The van der Waals surface area contributed by atoms with Gasteiger partial charge in [-0.1, -0.05) is 20.8 Å². The van der Waals surface area contributed by atoms with Gasteiger partial charge < -0.3 is 14.8 Å². The quantitative estimate of drug-likeness (QED) is 0.699. The van der Waals surface area contributed by atoms with E-state index >= 15 is 0 Å². The summed E-state index contributed by atoms with van der Waals surface area (Å²) in [6.07, 6.45) is 5.91. The van der Waals surface area contributed by atoms with Gasteiger partial charge in [0.15, 0.2) is 0 Å². The molecule has 3 heteroatoms. The van der Waals surface area contributed by atoms with Crippen molar-refractivity contribution in [3.63, 3.8) is 0 Å². The molecular formula is C17H35NO2. The maximum absolute atomic E-state index is 6.28. The van der Waals surface area contributed by atoms with Crippen molar-refractivity contribution >= 4 is 0 Å². The molecule has 0 aromatic rings. The second kappa shape index (κ2) is 8.35. The van der Waals surface area contributed by atoms with E-state index in [2.05, 4.69) is 39.9 Å². The lowest BCUT2D eigenvalue weighted by Crippen LogP contribution is -2.57. The van der Waals surface area contributed by atoms with Crippen molar-refractivity contribution in [2.24, 2.45) is 5.41 Å². The van der Waals surface area contributed by atoms with Crippen molar-refractivity contribution in [3.05, 3.63) is 0 Å². The van der Waals surface area contributed by atoms with Crippen LogP contribution in [0.25, 0.3) is 0 Å². The zero-order valence-corrected chi connectivity index (χ0v) is 14.3. The molecule has 0 amide bonds. The van der Waals surface area contributed by atoms with E-state index in [4.69, 9.17) is 9.47 Å². The lowest BCUT2D eigenvalue weighted by molar-refractivity contribution is -0.119. The van der Waals surface area contributed by atoms with E-state index in [1.165, 1.54) is 12.8 Å². The van der Waals surface area contributed by atoms with Gasteiger partial charge in [-0.25, -0.2) is 0 Å². The Morgan fingerprint density at radius 2 is 1.65 bits per heavy atom. The molecule has 0 heterocycles. The first kappa shape index (κ1) is 17.9. The van der Waals surface area contributed by atoms with Crippen LogP contribution < -0.4 is 5.32 Å². The monoisotopic (exact) mass is 285 g/mol. The van der Waals surface area contributed by atoms with Crippen LogP contribution in [0.5, 0.6) is 0 Å². The number of hydrogen-bond donors (Lipinski definition) is 1. The van der Waals surface area contributed by atoms with Gasteiger partial charge in [-0.3, -0.25) is 0 Å². The van der Waals surface area contributed by atoms with Crippen LogP contribution in [0, 0.1) is 5.41 Å². The third kappa shape index (κ3) is 5.01. The average molecular weight is 285 g/mol. The van der Waals surface area contributed by atoms with Crippen molar-refractivity contribution in [3.8, 4) is 0 Å². The van der Waals surface area contributed by atoms with E-state index in [0.29, 0.717) is 11.5 Å². The average Bonchev–Trinajstić information content (AvgIpc) is 2.42. The van der Waals surface area contributed by atoms with Crippen LogP contribution in [-0.2, 0) is 9.47 Å². The smallest absolute Gasteiger partial charge is 0.0857 e. The minimum Gasteiger partial charge on any atom is -0.380 e. The standard InChI is InChI=1S/C17H35NO2/c1-6-13-18-15(14-19-7-2)17(20-8-3)11-9-16(4,5)10-12-17/h15,18H,6-14H2,1-5H3. The molecule has 0 bridgehead atoms. The topological polar surface area (TPSA) is 30.5 Å². The number of hydrogen-bond acceptors (Lipinski definition) is 3. The third-order valence-corrected chi connectivity index (χ3v) is 4.65. The molecular weight excluding hydrogens is 250 g/mol. The van der Waals surface area contributed by atoms with Gasteiger partial charge in [-0.15, -0.1) is 0 Å². The maximum atomic E-state index is 6.28. The van der Waals surface area contributed by atoms with Gasteiger partial charge in [0.1, 0.15) is 0 Å². The van der Waals surface area contributed by atoms with Crippen LogP contribution in [0.15, 0.2) is 0 Å². The molecule has 1 atom stereocenters. The normalized spacial score (nSPS) is 22.6. The van der Waals surface area contributed by atoms with Gasteiger partial charge in [0.05, 0.1) is 18.2 Å². The number of nitrogens with one attached hydrogen (secondary N) is 1. The van der Waals surface area contributed by atoms with Crippen molar-refractivity contribution in [1.82, 2.24) is 5.32 Å². The van der Waals surface area contributed by atoms with Gasteiger partial charge in [0, 0.05) is 13.2 Å². The van der Waals surface area contributed by atoms with E-state index < -0.39 is 0 Å². The van der Waals surface area contributed by atoms with E-state index in [-0.39, 0.29) is 5.60 Å². The van der Waals surface area contributed by atoms with Crippen molar-refractivity contribution < 1.29 is 9.47 Å². The summed E-state index contributed by atoms with van der Waals surface area (Å²) in [6, 6.07) is 0.318. The summed E-state index contributed by atoms with van der Waals surface area (Å²) < 4.78 is 12.0. The Morgan fingerprint density at radius 1 is 1.00 bits per heavy atom. The molecule has 1 fully saturated rings.